The maximum absolute atomic E-state index is 12.0. The molecule has 0 bridgehead atoms. The van der Waals surface area contributed by atoms with E-state index in [1.54, 1.807) is 21.0 Å². The van der Waals surface area contributed by atoms with Crippen LogP contribution in [-0.2, 0) is 9.53 Å². The molecule has 2 N–H and O–H groups in total. The van der Waals surface area contributed by atoms with E-state index >= 15 is 0 Å². The van der Waals surface area contributed by atoms with E-state index in [1.807, 2.05) is 6.92 Å². The molecule has 6 nitrogen and oxygen atoms in total. The van der Waals surface area contributed by atoms with Crippen molar-refractivity contribution in [2.75, 3.05) is 26.8 Å². The van der Waals surface area contributed by atoms with Gasteiger partial charge in [0.15, 0.2) is 0 Å². The van der Waals surface area contributed by atoms with E-state index in [0.717, 1.165) is 0 Å². The van der Waals surface area contributed by atoms with Gasteiger partial charge in [-0.25, -0.2) is 9.59 Å². The molecule has 0 atom stereocenters. The summed E-state index contributed by atoms with van der Waals surface area (Å²) in [5, 5.41) is 11.9. The van der Waals surface area contributed by atoms with Crippen molar-refractivity contribution < 1.29 is 19.4 Å². The summed E-state index contributed by atoms with van der Waals surface area (Å²) in [5.74, 6) is -0.997. The molecular formula is C12H24N2O4. The Bertz CT molecular complexity index is 277. The Morgan fingerprint density at radius 3 is 2.17 bits per heavy atom. The van der Waals surface area contributed by atoms with Crippen LogP contribution in [0.3, 0.4) is 0 Å². The minimum Gasteiger partial charge on any atom is -0.480 e. The number of nitrogens with zero attached hydrogens (tertiary/aromatic N) is 1. The monoisotopic (exact) mass is 260 g/mol. The summed E-state index contributed by atoms with van der Waals surface area (Å²) in [4.78, 5) is 24.8. The van der Waals surface area contributed by atoms with Gasteiger partial charge < -0.3 is 20.1 Å². The molecule has 0 aromatic carbocycles. The fraction of sp³-hybridized carbons (Fsp3) is 0.833. The van der Waals surface area contributed by atoms with E-state index in [9.17, 15) is 14.7 Å². The van der Waals surface area contributed by atoms with Crippen LogP contribution in [0.4, 0.5) is 4.79 Å². The van der Waals surface area contributed by atoms with Crippen molar-refractivity contribution >= 4 is 12.0 Å². The van der Waals surface area contributed by atoms with Gasteiger partial charge in [0, 0.05) is 20.2 Å². The first-order chi connectivity index (χ1) is 8.47. The number of carbonyl (C=O) groups is 2. The van der Waals surface area contributed by atoms with Crippen molar-refractivity contribution in [3.05, 3.63) is 0 Å². The lowest BCUT2D eigenvalue weighted by atomic mass is 9.93. The number of carbonyl (C=O) groups excluding carboxylic acids is 1. The molecule has 18 heavy (non-hydrogen) atoms. The highest BCUT2D eigenvalue weighted by molar-refractivity contribution is 5.86. The molecule has 0 aliphatic heterocycles. The van der Waals surface area contributed by atoms with E-state index < -0.39 is 11.5 Å². The van der Waals surface area contributed by atoms with Gasteiger partial charge in [-0.1, -0.05) is 13.8 Å². The van der Waals surface area contributed by atoms with Crippen LogP contribution < -0.4 is 5.32 Å². The number of urea groups is 1. The maximum atomic E-state index is 12.0. The molecule has 0 aliphatic carbocycles. The Labute approximate surface area is 108 Å². The molecule has 106 valence electrons. The second-order valence-corrected chi connectivity index (χ2v) is 4.10. The summed E-state index contributed by atoms with van der Waals surface area (Å²) in [6, 6.07) is -0.361. The van der Waals surface area contributed by atoms with Crippen molar-refractivity contribution in [2.24, 2.45) is 0 Å². The topological polar surface area (TPSA) is 78.9 Å². The zero-order chi connectivity index (χ0) is 14.2. The lowest BCUT2D eigenvalue weighted by Gasteiger charge is -2.31. The number of aliphatic carboxylic acids is 1. The van der Waals surface area contributed by atoms with Crippen LogP contribution in [0, 0.1) is 0 Å². The fourth-order valence-electron chi connectivity index (χ4n) is 1.67. The Hall–Kier alpha value is -1.30. The number of ether oxygens (including phenoxy) is 1. The predicted octanol–water partition coefficient (Wildman–Crippen LogP) is 1.31. The van der Waals surface area contributed by atoms with Gasteiger partial charge in [0.1, 0.15) is 5.54 Å². The molecule has 0 fully saturated rings. The lowest BCUT2D eigenvalue weighted by Crippen LogP contribution is -2.57. The number of nitrogens with one attached hydrogen (secondary N) is 1. The van der Waals surface area contributed by atoms with Gasteiger partial charge >= 0.3 is 12.0 Å². The van der Waals surface area contributed by atoms with Crippen molar-refractivity contribution in [3.8, 4) is 0 Å². The van der Waals surface area contributed by atoms with E-state index in [2.05, 4.69) is 5.32 Å². The van der Waals surface area contributed by atoms with Gasteiger partial charge in [0.05, 0.1) is 6.61 Å². The van der Waals surface area contributed by atoms with Crippen molar-refractivity contribution in [1.29, 1.82) is 0 Å². The van der Waals surface area contributed by atoms with E-state index in [0.29, 0.717) is 32.5 Å². The molecule has 0 radical (unpaired) electrons. The van der Waals surface area contributed by atoms with Gasteiger partial charge in [-0.3, -0.25) is 0 Å². The minimum atomic E-state index is -1.18. The number of rotatable bonds is 8. The summed E-state index contributed by atoms with van der Waals surface area (Å²) in [6.45, 7) is 6.74. The highest BCUT2D eigenvalue weighted by Crippen LogP contribution is 2.16. The molecule has 0 unspecified atom stereocenters. The van der Waals surface area contributed by atoms with Crippen LogP contribution in [0.2, 0.25) is 0 Å². The van der Waals surface area contributed by atoms with Crippen LogP contribution in [-0.4, -0.2) is 54.4 Å². The van der Waals surface area contributed by atoms with Gasteiger partial charge in [-0.05, 0) is 19.8 Å². The first kappa shape index (κ1) is 16.7. The quantitative estimate of drug-likeness (QED) is 0.689. The van der Waals surface area contributed by atoms with Crippen LogP contribution in [0.15, 0.2) is 0 Å². The molecule has 6 heteroatoms. The number of carboxylic acid groups (broad SMARTS) is 1. The van der Waals surface area contributed by atoms with Crippen LogP contribution in [0.1, 0.15) is 33.6 Å². The van der Waals surface area contributed by atoms with Crippen molar-refractivity contribution in [2.45, 2.75) is 39.2 Å². The summed E-state index contributed by atoms with van der Waals surface area (Å²) in [6.07, 6.45) is 0.707. The van der Waals surface area contributed by atoms with Crippen LogP contribution in [0.5, 0.6) is 0 Å². The predicted molar refractivity (Wildman–Crippen MR) is 68.6 cm³/mol. The third kappa shape index (κ3) is 4.18. The average Bonchev–Trinajstić information content (AvgIpc) is 2.36. The largest absolute Gasteiger partial charge is 0.480 e. The Morgan fingerprint density at radius 2 is 1.83 bits per heavy atom. The molecule has 0 rings (SSSR count). The van der Waals surface area contributed by atoms with Gasteiger partial charge in [-0.15, -0.1) is 0 Å². The Balaban J connectivity index is 4.71. The summed E-state index contributed by atoms with van der Waals surface area (Å²) < 4.78 is 4.92. The smallest absolute Gasteiger partial charge is 0.329 e. The Morgan fingerprint density at radius 1 is 1.28 bits per heavy atom. The molecule has 0 aliphatic rings. The third-order valence-corrected chi connectivity index (χ3v) is 3.20. The molecular weight excluding hydrogens is 236 g/mol. The zero-order valence-electron chi connectivity index (χ0n) is 11.7. The first-order valence-electron chi connectivity index (χ1n) is 6.26. The number of likely N-dealkylation sites (N-methyl/N-ethyl adjacent to an activating group) is 1. The maximum Gasteiger partial charge on any atom is 0.329 e. The number of methoxy groups -OCH3 is 1. The molecule has 2 amide bonds. The highest BCUT2D eigenvalue weighted by Gasteiger charge is 2.37. The number of amides is 2. The number of hydrogen-bond acceptors (Lipinski definition) is 3. The van der Waals surface area contributed by atoms with Crippen molar-refractivity contribution in [3.63, 3.8) is 0 Å². The van der Waals surface area contributed by atoms with Gasteiger partial charge in [-0.2, -0.15) is 0 Å². The van der Waals surface area contributed by atoms with Gasteiger partial charge in [0.25, 0.3) is 0 Å². The normalized spacial score (nSPS) is 11.1. The summed E-state index contributed by atoms with van der Waals surface area (Å²) in [7, 11) is 1.56. The van der Waals surface area contributed by atoms with Gasteiger partial charge in [0.2, 0.25) is 0 Å². The highest BCUT2D eigenvalue weighted by atomic mass is 16.5. The summed E-state index contributed by atoms with van der Waals surface area (Å²) in [5.41, 5.74) is -1.18. The standard InChI is InChI=1S/C12H24N2O4/c1-5-12(6-2,10(15)16)13-11(17)14(7-3)8-9-18-4/h5-9H2,1-4H3,(H,13,17)(H,15,16). The number of carboxylic acids is 1. The van der Waals surface area contributed by atoms with E-state index in [4.69, 9.17) is 4.74 Å². The van der Waals surface area contributed by atoms with Crippen LogP contribution >= 0.6 is 0 Å². The molecule has 0 aromatic rings. The van der Waals surface area contributed by atoms with Crippen molar-refractivity contribution in [1.82, 2.24) is 10.2 Å². The summed E-state index contributed by atoms with van der Waals surface area (Å²) >= 11 is 0. The first-order valence-corrected chi connectivity index (χ1v) is 6.26. The van der Waals surface area contributed by atoms with Crippen LogP contribution in [0.25, 0.3) is 0 Å². The second-order valence-electron chi connectivity index (χ2n) is 4.10. The molecule has 0 spiro atoms. The molecule has 0 aromatic heterocycles. The molecule has 0 saturated heterocycles. The number of hydrogen-bond donors (Lipinski definition) is 2. The third-order valence-electron chi connectivity index (χ3n) is 3.20. The lowest BCUT2D eigenvalue weighted by molar-refractivity contribution is -0.144. The average molecular weight is 260 g/mol. The Kier molecular flexibility index (Phi) is 7.35. The molecule has 0 saturated carbocycles. The zero-order valence-corrected chi connectivity index (χ0v) is 11.7. The second kappa shape index (κ2) is 7.92. The fourth-order valence-corrected chi connectivity index (χ4v) is 1.67. The SMILES string of the molecule is CCN(CCOC)C(=O)NC(CC)(CC)C(=O)O. The minimum absolute atomic E-state index is 0.354. The van der Waals surface area contributed by atoms with E-state index in [-0.39, 0.29) is 6.03 Å². The molecule has 0 heterocycles. The van der Waals surface area contributed by atoms with E-state index in [1.165, 1.54) is 4.90 Å².